The van der Waals surface area contributed by atoms with Gasteiger partial charge >= 0.3 is 0 Å². The van der Waals surface area contributed by atoms with Gasteiger partial charge in [-0.2, -0.15) is 0 Å². The van der Waals surface area contributed by atoms with Crippen LogP contribution in [0.15, 0.2) is 41.3 Å². The number of aliphatic hydroxyl groups excluding tert-OH is 1. The number of pyridine rings is 2. The maximum atomic E-state index is 15.1. The summed E-state index contributed by atoms with van der Waals surface area (Å²) in [6.45, 7) is 2.35. The number of amides is 1. The Labute approximate surface area is 229 Å². The summed E-state index contributed by atoms with van der Waals surface area (Å²) in [4.78, 5) is 33.6. The molecule has 1 aliphatic heterocycles. The van der Waals surface area contributed by atoms with Gasteiger partial charge in [0.2, 0.25) is 5.43 Å². The number of halogens is 3. The fraction of sp³-hybridized carbons (Fsp3) is 0.500. The summed E-state index contributed by atoms with van der Waals surface area (Å²) in [6, 6.07) is 6.15. The highest BCUT2D eigenvalue weighted by molar-refractivity contribution is 5.97. The Balaban J connectivity index is 1.31. The van der Waals surface area contributed by atoms with Crippen molar-refractivity contribution in [3.05, 3.63) is 63.9 Å². The summed E-state index contributed by atoms with van der Waals surface area (Å²) < 4.78 is 44.0. The van der Waals surface area contributed by atoms with Gasteiger partial charge < -0.3 is 15.3 Å². The first-order valence-corrected chi connectivity index (χ1v) is 14.0. The zero-order valence-corrected chi connectivity index (χ0v) is 22.2. The highest BCUT2D eigenvalue weighted by Gasteiger charge is 2.65. The van der Waals surface area contributed by atoms with Gasteiger partial charge in [-0.1, -0.05) is 0 Å². The predicted molar refractivity (Wildman–Crippen MR) is 143 cm³/mol. The van der Waals surface area contributed by atoms with Gasteiger partial charge in [0.25, 0.3) is 5.91 Å². The highest BCUT2D eigenvalue weighted by Crippen LogP contribution is 2.72. The normalized spacial score (nSPS) is 32.7. The van der Waals surface area contributed by atoms with Crippen molar-refractivity contribution in [3.8, 4) is 5.69 Å². The molecule has 1 aromatic carbocycles. The van der Waals surface area contributed by atoms with Crippen LogP contribution in [0.5, 0.6) is 0 Å². The van der Waals surface area contributed by atoms with Gasteiger partial charge in [-0.25, -0.2) is 18.2 Å². The molecule has 1 amide bonds. The molecule has 4 aliphatic rings. The van der Waals surface area contributed by atoms with Gasteiger partial charge in [-0.3, -0.25) is 14.2 Å². The Morgan fingerprint density at radius 1 is 1.18 bits per heavy atom. The molecule has 10 heteroatoms. The summed E-state index contributed by atoms with van der Waals surface area (Å²) in [5.41, 5.74) is -0.821. The number of hydrogen-bond donors (Lipinski definition) is 2. The van der Waals surface area contributed by atoms with Crippen LogP contribution >= 0.6 is 0 Å². The van der Waals surface area contributed by atoms with Crippen LogP contribution in [0.25, 0.3) is 16.7 Å². The van der Waals surface area contributed by atoms with E-state index in [1.54, 1.807) is 11.0 Å². The molecule has 7 rings (SSSR count). The average molecular weight is 553 g/mol. The van der Waals surface area contributed by atoms with Crippen molar-refractivity contribution >= 4 is 22.8 Å². The van der Waals surface area contributed by atoms with E-state index in [-0.39, 0.29) is 35.2 Å². The number of carbonyl (C=O) groups excluding carboxylic acids is 1. The Bertz CT molecular complexity index is 1610. The molecule has 3 aliphatic carbocycles. The maximum absolute atomic E-state index is 15.1. The smallest absolute Gasteiger partial charge is 0.257 e. The summed E-state index contributed by atoms with van der Waals surface area (Å²) in [5.74, 6) is -0.492. The lowest BCUT2D eigenvalue weighted by atomic mass is 9.72. The molecule has 1 spiro atoms. The molecule has 2 bridgehead atoms. The van der Waals surface area contributed by atoms with Gasteiger partial charge in [0.05, 0.1) is 11.1 Å². The van der Waals surface area contributed by atoms with Crippen molar-refractivity contribution in [2.75, 3.05) is 18.0 Å². The number of aliphatic hydroxyl groups is 1. The molecule has 4 fully saturated rings. The third kappa shape index (κ3) is 4.10. The Hall–Kier alpha value is -3.40. The van der Waals surface area contributed by atoms with Crippen molar-refractivity contribution in [2.24, 2.45) is 17.3 Å². The quantitative estimate of drug-likeness (QED) is 0.505. The number of fused-ring (bicyclic) bond motifs is 2. The molecular formula is C30H31F3N4O3. The summed E-state index contributed by atoms with van der Waals surface area (Å²) >= 11 is 0. The SMILES string of the molecule is CC1(NC(=O)c2cn(-c3ccc(F)cc3F)c3nc(N4CC[C@@H](F)[C@H](O)C4)ccc3c2=O)CC2CC3CC3(C2)C1. The Morgan fingerprint density at radius 2 is 2.00 bits per heavy atom. The molecule has 0 radical (unpaired) electrons. The second-order valence-electron chi connectivity index (χ2n) is 12.7. The van der Waals surface area contributed by atoms with E-state index in [4.69, 9.17) is 0 Å². The summed E-state index contributed by atoms with van der Waals surface area (Å²) in [6.07, 6.45) is 4.22. The number of nitrogens with zero attached hydrogens (tertiary/aromatic N) is 3. The number of hydrogen-bond acceptors (Lipinski definition) is 5. The Morgan fingerprint density at radius 3 is 2.75 bits per heavy atom. The standard InChI is InChI=1S/C30H31F3N4O3/c1-29(10-16-8-17-12-30(17,11-16)15-29)35-28(40)20-13-37(23-4-2-18(31)9-22(23)33)27-19(26(20)39)3-5-25(34-27)36-7-6-21(32)24(38)14-36/h2-5,9,13,16-17,21,24,38H,6-8,10-12,14-15H2,1H3,(H,35,40)/t16?,17?,21-,24-,29?,30?/m1/s1. The van der Waals surface area contributed by atoms with Crippen LogP contribution in [-0.4, -0.2) is 51.5 Å². The maximum Gasteiger partial charge on any atom is 0.257 e. The number of benzene rings is 1. The molecule has 3 heterocycles. The molecule has 2 aromatic heterocycles. The fourth-order valence-corrected chi connectivity index (χ4v) is 7.95. The van der Waals surface area contributed by atoms with E-state index in [1.807, 2.05) is 6.92 Å². The van der Waals surface area contributed by atoms with Gasteiger partial charge in [0.1, 0.15) is 35.3 Å². The van der Waals surface area contributed by atoms with Gasteiger partial charge in [-0.05, 0) is 87.0 Å². The van der Waals surface area contributed by atoms with Crippen molar-refractivity contribution < 1.29 is 23.1 Å². The van der Waals surface area contributed by atoms with E-state index < -0.39 is 40.8 Å². The van der Waals surface area contributed by atoms with Crippen molar-refractivity contribution in [1.29, 1.82) is 0 Å². The first kappa shape index (κ1) is 25.6. The highest BCUT2D eigenvalue weighted by atomic mass is 19.1. The fourth-order valence-electron chi connectivity index (χ4n) is 7.95. The topological polar surface area (TPSA) is 87.5 Å². The summed E-state index contributed by atoms with van der Waals surface area (Å²) in [7, 11) is 0. The van der Waals surface area contributed by atoms with E-state index >= 15 is 4.39 Å². The van der Waals surface area contributed by atoms with Gasteiger partial charge in [0, 0.05) is 30.9 Å². The number of rotatable bonds is 4. The average Bonchev–Trinajstić information content (AvgIpc) is 3.45. The molecular weight excluding hydrogens is 521 g/mol. The van der Waals surface area contributed by atoms with Crippen molar-refractivity contribution in [3.63, 3.8) is 0 Å². The zero-order valence-electron chi connectivity index (χ0n) is 22.2. The van der Waals surface area contributed by atoms with Crippen molar-refractivity contribution in [2.45, 2.75) is 63.3 Å². The monoisotopic (exact) mass is 552 g/mol. The largest absolute Gasteiger partial charge is 0.388 e. The Kier molecular flexibility index (Phi) is 5.62. The molecule has 3 aromatic rings. The van der Waals surface area contributed by atoms with E-state index in [0.717, 1.165) is 30.9 Å². The minimum Gasteiger partial charge on any atom is -0.388 e. The molecule has 210 valence electrons. The molecule has 7 nitrogen and oxygen atoms in total. The lowest BCUT2D eigenvalue weighted by Crippen LogP contribution is -2.51. The second-order valence-corrected chi connectivity index (χ2v) is 12.7. The number of piperidine rings is 1. The van der Waals surface area contributed by atoms with Gasteiger partial charge in [-0.15, -0.1) is 0 Å². The van der Waals surface area contributed by atoms with Crippen molar-refractivity contribution in [1.82, 2.24) is 14.9 Å². The molecule has 4 unspecified atom stereocenters. The van der Waals surface area contributed by atoms with Crippen LogP contribution in [0.4, 0.5) is 19.0 Å². The van der Waals surface area contributed by atoms with E-state index in [0.29, 0.717) is 23.7 Å². The van der Waals surface area contributed by atoms with Crippen LogP contribution in [0.1, 0.15) is 55.8 Å². The molecule has 3 saturated carbocycles. The van der Waals surface area contributed by atoms with E-state index in [2.05, 4.69) is 10.3 Å². The first-order chi connectivity index (χ1) is 19.0. The minimum absolute atomic E-state index is 0.0111. The lowest BCUT2D eigenvalue weighted by Gasteiger charge is -2.40. The molecule has 1 saturated heterocycles. The van der Waals surface area contributed by atoms with Crippen LogP contribution < -0.4 is 15.6 Å². The van der Waals surface area contributed by atoms with Crippen LogP contribution in [-0.2, 0) is 0 Å². The second kappa shape index (κ2) is 8.80. The molecule has 40 heavy (non-hydrogen) atoms. The first-order valence-electron chi connectivity index (χ1n) is 14.0. The van der Waals surface area contributed by atoms with Crippen LogP contribution in [0, 0.1) is 28.9 Å². The number of anilines is 1. The van der Waals surface area contributed by atoms with Gasteiger partial charge in [0.15, 0.2) is 5.65 Å². The van der Waals surface area contributed by atoms with E-state index in [1.165, 1.54) is 42.2 Å². The third-order valence-corrected chi connectivity index (χ3v) is 9.64. The number of β-amino-alcohol motifs (C(OH)–C–C–N with tert-alkyl or cyclic N) is 1. The molecule has 6 atom stereocenters. The molecule has 2 N–H and O–H groups in total. The number of carbonyl (C=O) groups is 1. The van der Waals surface area contributed by atoms with Crippen LogP contribution in [0.3, 0.4) is 0 Å². The number of aromatic nitrogens is 2. The van der Waals surface area contributed by atoms with E-state index in [9.17, 15) is 23.5 Å². The number of nitrogens with one attached hydrogen (secondary N) is 1. The summed E-state index contributed by atoms with van der Waals surface area (Å²) in [5, 5.41) is 13.3. The zero-order chi connectivity index (χ0) is 28.0. The minimum atomic E-state index is -1.34. The number of alkyl halides is 1. The van der Waals surface area contributed by atoms with Crippen LogP contribution in [0.2, 0.25) is 0 Å². The lowest BCUT2D eigenvalue weighted by molar-refractivity contribution is 0.0643. The predicted octanol–water partition coefficient (Wildman–Crippen LogP) is 4.27. The third-order valence-electron chi connectivity index (χ3n) is 9.64.